The van der Waals surface area contributed by atoms with Crippen molar-refractivity contribution >= 4 is 53.0 Å². The van der Waals surface area contributed by atoms with Crippen LogP contribution >= 0.6 is 23.2 Å². The second-order valence-electron chi connectivity index (χ2n) is 9.29. The lowest BCUT2D eigenvalue weighted by Crippen LogP contribution is -2.64. The maximum absolute atomic E-state index is 13.3. The van der Waals surface area contributed by atoms with Crippen LogP contribution in [0.3, 0.4) is 0 Å². The number of nitrogens with one attached hydrogen (secondary N) is 1. The Kier molecular flexibility index (Phi) is 8.22. The summed E-state index contributed by atoms with van der Waals surface area (Å²) in [6, 6.07) is 3.35. The minimum Gasteiger partial charge on any atom is -0.465 e. The number of carboxylic acid groups (broad SMARTS) is 1. The third kappa shape index (κ3) is 6.82. The predicted molar refractivity (Wildman–Crippen MR) is 130 cm³/mol. The zero-order valence-electron chi connectivity index (χ0n) is 19.8. The van der Waals surface area contributed by atoms with Gasteiger partial charge >= 0.3 is 18.2 Å². The van der Waals surface area contributed by atoms with Gasteiger partial charge in [-0.05, 0) is 39.0 Å². The first-order valence-electron chi connectivity index (χ1n) is 11.1. The molecule has 5 amide bonds. The topological polar surface area (TPSA) is 123 Å². The third-order valence-electron chi connectivity index (χ3n) is 5.61. The highest BCUT2D eigenvalue weighted by molar-refractivity contribution is 6.42. The Labute approximate surface area is 213 Å². The van der Waals surface area contributed by atoms with Gasteiger partial charge in [0.05, 0.1) is 16.6 Å². The summed E-state index contributed by atoms with van der Waals surface area (Å²) < 4.78 is 5.38. The second kappa shape index (κ2) is 10.8. The molecule has 2 N–H and O–H groups in total. The van der Waals surface area contributed by atoms with Crippen LogP contribution in [-0.4, -0.2) is 106 Å². The van der Waals surface area contributed by atoms with Gasteiger partial charge < -0.3 is 29.9 Å². The Bertz CT molecular complexity index is 993. The van der Waals surface area contributed by atoms with Crippen molar-refractivity contribution in [3.63, 3.8) is 0 Å². The number of hydrogen-bond donors (Lipinski definition) is 2. The van der Waals surface area contributed by atoms with Crippen molar-refractivity contribution in [1.29, 1.82) is 0 Å². The van der Waals surface area contributed by atoms with Crippen LogP contribution in [0.2, 0.25) is 10.0 Å². The van der Waals surface area contributed by atoms with E-state index in [0.717, 1.165) is 4.90 Å². The number of ether oxygens (including phenoxy) is 1. The maximum Gasteiger partial charge on any atom is 0.410 e. The molecule has 0 saturated carbocycles. The Morgan fingerprint density at radius 1 is 0.943 bits per heavy atom. The lowest BCUT2D eigenvalue weighted by Gasteiger charge is -2.42. The number of piperazine rings is 2. The fourth-order valence-corrected chi connectivity index (χ4v) is 4.13. The average molecular weight is 530 g/mol. The summed E-state index contributed by atoms with van der Waals surface area (Å²) in [6.07, 6.45) is -1.82. The number of anilines is 1. The number of carbonyl (C=O) groups is 4. The molecule has 2 heterocycles. The van der Waals surface area contributed by atoms with Crippen LogP contribution in [0.25, 0.3) is 0 Å². The first-order chi connectivity index (χ1) is 16.4. The van der Waals surface area contributed by atoms with Crippen molar-refractivity contribution < 1.29 is 29.0 Å². The number of nitrogens with zero attached hydrogens (tertiary/aromatic N) is 4. The van der Waals surface area contributed by atoms with E-state index in [0.29, 0.717) is 15.7 Å². The van der Waals surface area contributed by atoms with Gasteiger partial charge in [0.15, 0.2) is 0 Å². The quantitative estimate of drug-likeness (QED) is 0.605. The minimum absolute atomic E-state index is 0.00297. The van der Waals surface area contributed by atoms with Gasteiger partial charge in [0.2, 0.25) is 5.91 Å². The number of benzene rings is 1. The van der Waals surface area contributed by atoms with Gasteiger partial charge in [0.25, 0.3) is 0 Å². The smallest absolute Gasteiger partial charge is 0.410 e. The van der Waals surface area contributed by atoms with Crippen LogP contribution in [0.1, 0.15) is 20.8 Å². The van der Waals surface area contributed by atoms with E-state index in [1.165, 1.54) is 9.80 Å². The van der Waals surface area contributed by atoms with Gasteiger partial charge in [0, 0.05) is 45.0 Å². The van der Waals surface area contributed by atoms with Crippen molar-refractivity contribution in [3.8, 4) is 0 Å². The number of amides is 5. The average Bonchev–Trinajstić information content (AvgIpc) is 2.79. The molecule has 0 aromatic heterocycles. The highest BCUT2D eigenvalue weighted by Crippen LogP contribution is 2.25. The predicted octanol–water partition coefficient (Wildman–Crippen LogP) is 3.27. The van der Waals surface area contributed by atoms with E-state index >= 15 is 0 Å². The normalized spacial score (nSPS) is 18.8. The van der Waals surface area contributed by atoms with E-state index in [9.17, 15) is 24.3 Å². The molecule has 3 rings (SSSR count). The molecule has 1 unspecified atom stereocenters. The van der Waals surface area contributed by atoms with E-state index in [-0.39, 0.29) is 51.8 Å². The molecule has 2 aliphatic heterocycles. The molecule has 192 valence electrons. The van der Waals surface area contributed by atoms with Crippen LogP contribution in [-0.2, 0) is 9.53 Å². The fraction of sp³-hybridized carbons (Fsp3) is 0.545. The van der Waals surface area contributed by atoms with Crippen LogP contribution in [0, 0.1) is 0 Å². The first-order valence-corrected chi connectivity index (χ1v) is 11.9. The van der Waals surface area contributed by atoms with Gasteiger partial charge in [-0.2, -0.15) is 0 Å². The van der Waals surface area contributed by atoms with Gasteiger partial charge in [-0.3, -0.25) is 9.69 Å². The summed E-state index contributed by atoms with van der Waals surface area (Å²) in [4.78, 5) is 55.6. The lowest BCUT2D eigenvalue weighted by atomic mass is 10.1. The van der Waals surface area contributed by atoms with E-state index in [1.54, 1.807) is 43.9 Å². The van der Waals surface area contributed by atoms with Crippen molar-refractivity contribution in [2.45, 2.75) is 32.4 Å². The van der Waals surface area contributed by atoms with E-state index in [4.69, 9.17) is 27.9 Å². The number of carbonyl (C=O) groups excluding carboxylic acids is 3. The first kappa shape index (κ1) is 26.7. The third-order valence-corrected chi connectivity index (χ3v) is 6.35. The van der Waals surface area contributed by atoms with Crippen molar-refractivity contribution in [3.05, 3.63) is 28.2 Å². The Hall–Kier alpha value is -2.92. The van der Waals surface area contributed by atoms with Crippen molar-refractivity contribution in [2.75, 3.05) is 51.1 Å². The molecule has 35 heavy (non-hydrogen) atoms. The zero-order valence-corrected chi connectivity index (χ0v) is 21.3. The Balaban J connectivity index is 1.60. The van der Waals surface area contributed by atoms with Crippen molar-refractivity contribution in [1.82, 2.24) is 19.6 Å². The molecular formula is C22H29Cl2N5O6. The SMILES string of the molecule is CC(C)(C)OC(=O)N1CCN(C(=O)O)C(C(=O)N2CCN(C(=O)Nc3ccc(Cl)c(Cl)c3)CC2)C1. The number of halogens is 2. The fourth-order valence-electron chi connectivity index (χ4n) is 3.83. The van der Waals surface area contributed by atoms with Gasteiger partial charge in [0.1, 0.15) is 11.6 Å². The van der Waals surface area contributed by atoms with Gasteiger partial charge in [-0.15, -0.1) is 0 Å². The van der Waals surface area contributed by atoms with Crippen LogP contribution in [0.5, 0.6) is 0 Å². The zero-order chi connectivity index (χ0) is 25.9. The summed E-state index contributed by atoms with van der Waals surface area (Å²) in [7, 11) is 0. The molecule has 2 saturated heterocycles. The monoisotopic (exact) mass is 529 g/mol. The number of urea groups is 1. The summed E-state index contributed by atoms with van der Waals surface area (Å²) in [5, 5.41) is 13.0. The summed E-state index contributed by atoms with van der Waals surface area (Å²) >= 11 is 11.9. The summed E-state index contributed by atoms with van der Waals surface area (Å²) in [5.41, 5.74) is -0.223. The largest absolute Gasteiger partial charge is 0.465 e. The molecule has 2 aliphatic rings. The highest BCUT2D eigenvalue weighted by atomic mass is 35.5. The highest BCUT2D eigenvalue weighted by Gasteiger charge is 2.41. The minimum atomic E-state index is -1.23. The van der Waals surface area contributed by atoms with Crippen LogP contribution < -0.4 is 5.32 Å². The van der Waals surface area contributed by atoms with E-state index in [1.807, 2.05) is 0 Å². The van der Waals surface area contributed by atoms with Gasteiger partial charge in [-0.25, -0.2) is 14.4 Å². The molecule has 1 atom stereocenters. The second-order valence-corrected chi connectivity index (χ2v) is 10.1. The van der Waals surface area contributed by atoms with Crippen LogP contribution in [0.15, 0.2) is 18.2 Å². The standard InChI is InChI=1S/C22H29Cl2N5O6/c1-22(2,3)35-21(34)28-10-11-29(20(32)33)17(13-28)18(30)26-6-8-27(9-7-26)19(31)25-14-4-5-15(23)16(24)12-14/h4-5,12,17H,6-11,13H2,1-3H3,(H,25,31)(H,32,33). The number of hydrogen-bond acceptors (Lipinski definition) is 5. The van der Waals surface area contributed by atoms with Gasteiger partial charge in [-0.1, -0.05) is 23.2 Å². The molecule has 2 fully saturated rings. The van der Waals surface area contributed by atoms with Crippen LogP contribution in [0.4, 0.5) is 20.1 Å². The molecule has 0 bridgehead atoms. The maximum atomic E-state index is 13.3. The molecule has 0 aliphatic carbocycles. The molecule has 1 aromatic rings. The molecule has 1 aromatic carbocycles. The summed E-state index contributed by atoms with van der Waals surface area (Å²) in [6.45, 7) is 6.20. The molecular weight excluding hydrogens is 501 g/mol. The molecule has 0 spiro atoms. The Morgan fingerprint density at radius 3 is 2.11 bits per heavy atom. The molecule has 0 radical (unpaired) electrons. The van der Waals surface area contributed by atoms with E-state index < -0.39 is 29.7 Å². The van der Waals surface area contributed by atoms with E-state index in [2.05, 4.69) is 5.32 Å². The number of rotatable bonds is 2. The lowest BCUT2D eigenvalue weighted by molar-refractivity contribution is -0.139. The Morgan fingerprint density at radius 2 is 1.54 bits per heavy atom. The molecule has 13 heteroatoms. The van der Waals surface area contributed by atoms with Crippen molar-refractivity contribution in [2.24, 2.45) is 0 Å². The summed E-state index contributed by atoms with van der Waals surface area (Å²) in [5.74, 6) is -0.412. The molecule has 11 nitrogen and oxygen atoms in total.